The van der Waals surface area contributed by atoms with Gasteiger partial charge in [0.15, 0.2) is 0 Å². The van der Waals surface area contributed by atoms with Crippen LogP contribution < -0.4 is 5.43 Å². The van der Waals surface area contributed by atoms with E-state index in [1.54, 1.807) is 12.1 Å². The third-order valence-corrected chi connectivity index (χ3v) is 6.21. The molecule has 3 aromatic rings. The Hall–Kier alpha value is -2.05. The highest BCUT2D eigenvalue weighted by Gasteiger charge is 2.26. The number of hydrogen-bond acceptors (Lipinski definition) is 3. The lowest BCUT2D eigenvalue weighted by Crippen LogP contribution is -2.45. The monoisotopic (exact) mass is 476 g/mol. The first-order chi connectivity index (χ1) is 15.0. The Labute approximate surface area is 196 Å². The molecule has 2 heterocycles. The Morgan fingerprint density at radius 2 is 1.68 bits per heavy atom. The van der Waals surface area contributed by atoms with Gasteiger partial charge in [-0.3, -0.25) is 10.2 Å². The van der Waals surface area contributed by atoms with Crippen LogP contribution in [0.2, 0.25) is 15.1 Å². The molecule has 1 aliphatic heterocycles. The summed E-state index contributed by atoms with van der Waals surface area (Å²) in [5, 5.41) is 3.63. The van der Waals surface area contributed by atoms with Crippen molar-refractivity contribution in [2.45, 2.75) is 32.7 Å². The Bertz CT molecular complexity index is 1090. The van der Waals surface area contributed by atoms with Crippen molar-refractivity contribution in [3.8, 4) is 22.5 Å². The van der Waals surface area contributed by atoms with Gasteiger partial charge < -0.3 is 4.57 Å². The van der Waals surface area contributed by atoms with Gasteiger partial charge in [0.2, 0.25) is 5.82 Å². The number of hydrazine groups is 1. The van der Waals surface area contributed by atoms with Gasteiger partial charge in [0.25, 0.3) is 0 Å². The summed E-state index contributed by atoms with van der Waals surface area (Å²) < 4.78 is 1.92. The van der Waals surface area contributed by atoms with E-state index in [9.17, 15) is 4.79 Å². The number of amides is 1. The molecule has 0 radical (unpaired) electrons. The van der Waals surface area contributed by atoms with Gasteiger partial charge in [-0.2, -0.15) is 0 Å². The minimum Gasteiger partial charge on any atom is -0.320 e. The zero-order valence-corrected chi connectivity index (χ0v) is 19.4. The van der Waals surface area contributed by atoms with Crippen LogP contribution in [0.15, 0.2) is 42.5 Å². The van der Waals surface area contributed by atoms with E-state index in [4.69, 9.17) is 39.8 Å². The molecular formula is C23H23Cl3N4O. The molecule has 1 aliphatic rings. The lowest BCUT2D eigenvalue weighted by molar-refractivity contribution is 0.0735. The SMILES string of the molecule is CCn1c(C(=O)NN2CCCCC2)nc(-c2ccc(Cl)cc2Cl)c1-c1ccc(Cl)cc1. The average molecular weight is 478 g/mol. The quantitative estimate of drug-likeness (QED) is 0.467. The van der Waals surface area contributed by atoms with Crippen LogP contribution in [0.1, 0.15) is 36.8 Å². The van der Waals surface area contributed by atoms with Crippen LogP contribution in [-0.2, 0) is 6.54 Å². The summed E-state index contributed by atoms with van der Waals surface area (Å²) in [7, 11) is 0. The zero-order chi connectivity index (χ0) is 22.0. The molecule has 0 unspecified atom stereocenters. The molecule has 2 aromatic carbocycles. The maximum Gasteiger partial charge on any atom is 0.301 e. The van der Waals surface area contributed by atoms with E-state index < -0.39 is 0 Å². The largest absolute Gasteiger partial charge is 0.320 e. The predicted molar refractivity (Wildman–Crippen MR) is 127 cm³/mol. The normalized spacial score (nSPS) is 14.6. The van der Waals surface area contributed by atoms with Crippen LogP contribution in [0, 0.1) is 0 Å². The van der Waals surface area contributed by atoms with Gasteiger partial charge in [-0.05, 0) is 50.1 Å². The number of benzene rings is 2. The number of imidazole rings is 1. The highest BCUT2D eigenvalue weighted by Crippen LogP contribution is 2.38. The molecule has 1 amide bonds. The van der Waals surface area contributed by atoms with Crippen molar-refractivity contribution < 1.29 is 4.79 Å². The molecule has 1 fully saturated rings. The standard InChI is InChI=1S/C23H23Cl3N4O/c1-2-30-21(15-6-8-16(24)9-7-15)20(18-11-10-17(25)14-19(18)26)27-22(30)23(31)28-29-12-4-3-5-13-29/h6-11,14H,2-5,12-13H2,1H3,(H,28,31). The molecule has 0 bridgehead atoms. The number of piperidine rings is 1. The van der Waals surface area contributed by atoms with Gasteiger partial charge in [-0.25, -0.2) is 9.99 Å². The second-order valence-electron chi connectivity index (χ2n) is 7.50. The van der Waals surface area contributed by atoms with Crippen LogP contribution in [0.4, 0.5) is 0 Å². The molecule has 162 valence electrons. The summed E-state index contributed by atoms with van der Waals surface area (Å²) in [4.78, 5) is 18.0. The number of rotatable bonds is 5. The summed E-state index contributed by atoms with van der Waals surface area (Å²) >= 11 is 18.7. The van der Waals surface area contributed by atoms with Crippen LogP contribution in [0.5, 0.6) is 0 Å². The Balaban J connectivity index is 1.84. The van der Waals surface area contributed by atoms with Crippen molar-refractivity contribution in [2.24, 2.45) is 0 Å². The number of carbonyl (C=O) groups excluding carboxylic acids is 1. The van der Waals surface area contributed by atoms with E-state index in [1.165, 1.54) is 6.42 Å². The van der Waals surface area contributed by atoms with Gasteiger partial charge in [-0.1, -0.05) is 53.4 Å². The predicted octanol–water partition coefficient (Wildman–Crippen LogP) is 6.33. The van der Waals surface area contributed by atoms with E-state index in [-0.39, 0.29) is 5.91 Å². The first-order valence-corrected chi connectivity index (χ1v) is 11.5. The third kappa shape index (κ3) is 4.75. The van der Waals surface area contributed by atoms with Crippen molar-refractivity contribution in [1.29, 1.82) is 0 Å². The molecule has 0 atom stereocenters. The maximum absolute atomic E-state index is 13.2. The summed E-state index contributed by atoms with van der Waals surface area (Å²) in [6.07, 6.45) is 3.34. The molecule has 1 aromatic heterocycles. The van der Waals surface area contributed by atoms with Gasteiger partial charge in [0, 0.05) is 40.8 Å². The van der Waals surface area contributed by atoms with Gasteiger partial charge >= 0.3 is 5.91 Å². The molecule has 31 heavy (non-hydrogen) atoms. The van der Waals surface area contributed by atoms with Crippen molar-refractivity contribution in [1.82, 2.24) is 20.0 Å². The van der Waals surface area contributed by atoms with Crippen molar-refractivity contribution in [3.63, 3.8) is 0 Å². The van der Waals surface area contributed by atoms with Crippen LogP contribution >= 0.6 is 34.8 Å². The summed E-state index contributed by atoms with van der Waals surface area (Å²) in [6, 6.07) is 12.8. The first-order valence-electron chi connectivity index (χ1n) is 10.4. The second kappa shape index (κ2) is 9.61. The fraction of sp³-hybridized carbons (Fsp3) is 0.304. The number of carbonyl (C=O) groups is 1. The lowest BCUT2D eigenvalue weighted by atomic mass is 10.0. The molecule has 0 spiro atoms. The highest BCUT2D eigenvalue weighted by molar-refractivity contribution is 6.36. The minimum absolute atomic E-state index is 0.227. The molecule has 0 aliphatic carbocycles. The van der Waals surface area contributed by atoms with Crippen LogP contribution in [0.3, 0.4) is 0 Å². The molecule has 4 rings (SSSR count). The zero-order valence-electron chi connectivity index (χ0n) is 17.2. The van der Waals surface area contributed by atoms with E-state index in [2.05, 4.69) is 5.43 Å². The summed E-state index contributed by atoms with van der Waals surface area (Å²) in [5.74, 6) is 0.120. The topological polar surface area (TPSA) is 50.2 Å². The second-order valence-corrected chi connectivity index (χ2v) is 8.78. The fourth-order valence-corrected chi connectivity index (χ4v) is 4.53. The highest BCUT2D eigenvalue weighted by atomic mass is 35.5. The number of aromatic nitrogens is 2. The van der Waals surface area contributed by atoms with Gasteiger partial charge in [0.1, 0.15) is 0 Å². The van der Waals surface area contributed by atoms with Crippen LogP contribution in [-0.4, -0.2) is 33.6 Å². The third-order valence-electron chi connectivity index (χ3n) is 5.41. The first kappa shape index (κ1) is 22.2. The molecule has 1 N–H and O–H groups in total. The average Bonchev–Trinajstić information content (AvgIpc) is 3.14. The summed E-state index contributed by atoms with van der Waals surface area (Å²) in [5.41, 5.74) is 6.09. The van der Waals surface area contributed by atoms with Crippen molar-refractivity contribution in [3.05, 3.63) is 63.4 Å². The number of hydrogen-bond donors (Lipinski definition) is 1. The number of halogens is 3. The smallest absolute Gasteiger partial charge is 0.301 e. The van der Waals surface area contributed by atoms with E-state index in [0.29, 0.717) is 33.1 Å². The molecule has 0 saturated carbocycles. The van der Waals surface area contributed by atoms with Crippen molar-refractivity contribution in [2.75, 3.05) is 13.1 Å². The number of nitrogens with one attached hydrogen (secondary N) is 1. The number of nitrogens with zero attached hydrogens (tertiary/aromatic N) is 3. The van der Waals surface area contributed by atoms with Crippen molar-refractivity contribution >= 4 is 40.7 Å². The maximum atomic E-state index is 13.2. The van der Waals surface area contributed by atoms with Gasteiger partial charge in [0.05, 0.1) is 16.4 Å². The van der Waals surface area contributed by atoms with Gasteiger partial charge in [-0.15, -0.1) is 0 Å². The summed E-state index contributed by atoms with van der Waals surface area (Å²) in [6.45, 7) is 4.25. The fourth-order valence-electron chi connectivity index (χ4n) is 3.90. The van der Waals surface area contributed by atoms with E-state index in [0.717, 1.165) is 42.8 Å². The molecular weight excluding hydrogens is 455 g/mol. The van der Waals surface area contributed by atoms with Crippen LogP contribution in [0.25, 0.3) is 22.5 Å². The molecule has 1 saturated heterocycles. The molecule has 8 heteroatoms. The Kier molecular flexibility index (Phi) is 6.87. The Morgan fingerprint density at radius 3 is 2.32 bits per heavy atom. The molecule has 5 nitrogen and oxygen atoms in total. The van der Waals surface area contributed by atoms with E-state index in [1.807, 2.05) is 46.8 Å². The minimum atomic E-state index is -0.227. The lowest BCUT2D eigenvalue weighted by Gasteiger charge is -2.26. The Morgan fingerprint density at radius 1 is 1.00 bits per heavy atom. The van der Waals surface area contributed by atoms with E-state index >= 15 is 0 Å².